The second kappa shape index (κ2) is 10.7. The molecule has 1 aromatic heterocycles. The second-order valence-electron chi connectivity index (χ2n) is 9.75. The molecule has 1 aliphatic carbocycles. The molecule has 1 heterocycles. The van der Waals surface area contributed by atoms with Crippen molar-refractivity contribution < 1.29 is 13.6 Å². The van der Waals surface area contributed by atoms with Gasteiger partial charge in [-0.2, -0.15) is 5.10 Å². The smallest absolute Gasteiger partial charge is 0.185 e. The molecule has 0 saturated heterocycles. The Morgan fingerprint density at radius 2 is 1.84 bits per heavy atom. The van der Waals surface area contributed by atoms with Crippen LogP contribution in [-0.2, 0) is 13.0 Å². The molecule has 1 atom stereocenters. The molecule has 0 radical (unpaired) electrons. The maximum atomic E-state index is 14.8. The Morgan fingerprint density at radius 3 is 2.59 bits per heavy atom. The lowest BCUT2D eigenvalue weighted by atomic mass is 9.95. The lowest BCUT2D eigenvalue weighted by Gasteiger charge is -2.21. The lowest BCUT2D eigenvalue weighted by molar-refractivity contribution is 0.0985. The predicted octanol–water partition coefficient (Wildman–Crippen LogP) is 5.43. The molecule has 0 aliphatic heterocycles. The number of aromatic nitrogens is 2. The Morgan fingerprint density at radius 1 is 1.05 bits per heavy atom. The van der Waals surface area contributed by atoms with E-state index < -0.39 is 17.7 Å². The molecule has 3 aromatic carbocycles. The van der Waals surface area contributed by atoms with Gasteiger partial charge in [0, 0.05) is 24.6 Å². The van der Waals surface area contributed by atoms with E-state index in [9.17, 15) is 13.6 Å². The normalized spacial score (nSPS) is 14.1. The molecule has 4 aromatic rings. The van der Waals surface area contributed by atoms with Gasteiger partial charge in [-0.15, -0.1) is 0 Å². The molecular weight excluding hydrogens is 470 g/mol. The van der Waals surface area contributed by atoms with E-state index in [2.05, 4.69) is 10.4 Å². The number of ketones is 1. The van der Waals surface area contributed by atoms with Crippen molar-refractivity contribution in [3.8, 4) is 5.69 Å². The number of rotatable bonds is 10. The van der Waals surface area contributed by atoms with E-state index in [4.69, 9.17) is 5.73 Å². The van der Waals surface area contributed by atoms with Gasteiger partial charge in [-0.3, -0.25) is 4.79 Å². The van der Waals surface area contributed by atoms with Gasteiger partial charge in [-0.1, -0.05) is 42.5 Å². The van der Waals surface area contributed by atoms with Gasteiger partial charge in [0.05, 0.1) is 17.4 Å². The van der Waals surface area contributed by atoms with Crippen molar-refractivity contribution in [2.45, 2.75) is 38.8 Å². The summed E-state index contributed by atoms with van der Waals surface area (Å²) in [5.41, 5.74) is 10.8. The number of carbonyl (C=O) groups is 1. The largest absolute Gasteiger partial charge is 0.326 e. The Balaban J connectivity index is 1.42. The van der Waals surface area contributed by atoms with Crippen molar-refractivity contribution in [2.24, 2.45) is 11.7 Å². The SMILES string of the molecule is Cc1cc(C(=O)Cc2cccc(C(NCC3CC3)c3ccc(F)cc3F)c2)n(-c2cccc(CN)c2)n1. The molecule has 0 amide bonds. The van der Waals surface area contributed by atoms with Crippen molar-refractivity contribution in [1.82, 2.24) is 15.1 Å². The Kier molecular flexibility index (Phi) is 7.26. The number of nitrogens with two attached hydrogens (primary N) is 1. The summed E-state index contributed by atoms with van der Waals surface area (Å²) in [7, 11) is 0. The fourth-order valence-electron chi connectivity index (χ4n) is 4.62. The molecule has 190 valence electrons. The van der Waals surface area contributed by atoms with Gasteiger partial charge < -0.3 is 11.1 Å². The first-order valence-electron chi connectivity index (χ1n) is 12.6. The highest BCUT2D eigenvalue weighted by molar-refractivity contribution is 5.96. The molecule has 0 bridgehead atoms. The van der Waals surface area contributed by atoms with Gasteiger partial charge in [0.25, 0.3) is 0 Å². The van der Waals surface area contributed by atoms with E-state index in [1.54, 1.807) is 10.7 Å². The standard InChI is InChI=1S/C30H30F2N4O/c1-19-12-28(36(35-19)25-7-3-5-22(14-25)17-33)29(37)15-21-4-2-6-23(13-21)30(34-18-20-8-9-20)26-11-10-24(31)16-27(26)32/h2-7,10-14,16,20,30,34H,8-9,15,17-18,33H2,1H3. The van der Waals surface area contributed by atoms with Crippen LogP contribution < -0.4 is 11.1 Å². The number of nitrogens with zero attached hydrogens (tertiary/aromatic N) is 2. The first-order valence-corrected chi connectivity index (χ1v) is 12.6. The zero-order chi connectivity index (χ0) is 25.9. The maximum Gasteiger partial charge on any atom is 0.185 e. The van der Waals surface area contributed by atoms with Crippen LogP contribution >= 0.6 is 0 Å². The van der Waals surface area contributed by atoms with Gasteiger partial charge in [0.1, 0.15) is 17.3 Å². The van der Waals surface area contributed by atoms with Crippen LogP contribution in [0.5, 0.6) is 0 Å². The zero-order valence-electron chi connectivity index (χ0n) is 20.8. The third-order valence-corrected chi connectivity index (χ3v) is 6.74. The summed E-state index contributed by atoms with van der Waals surface area (Å²) < 4.78 is 30.0. The van der Waals surface area contributed by atoms with Crippen LogP contribution in [0.2, 0.25) is 0 Å². The van der Waals surface area contributed by atoms with Crippen LogP contribution in [-0.4, -0.2) is 22.1 Å². The van der Waals surface area contributed by atoms with E-state index >= 15 is 0 Å². The number of halogens is 2. The molecule has 1 saturated carbocycles. The quantitative estimate of drug-likeness (QED) is 0.285. The number of hydrogen-bond donors (Lipinski definition) is 2. The van der Waals surface area contributed by atoms with Crippen molar-refractivity contribution in [3.63, 3.8) is 0 Å². The van der Waals surface area contributed by atoms with Crippen LogP contribution in [0.25, 0.3) is 5.69 Å². The summed E-state index contributed by atoms with van der Waals surface area (Å²) >= 11 is 0. The summed E-state index contributed by atoms with van der Waals surface area (Å²) in [5.74, 6) is -0.692. The average Bonchev–Trinajstić information content (AvgIpc) is 3.64. The Bertz CT molecular complexity index is 1430. The third-order valence-electron chi connectivity index (χ3n) is 6.74. The highest BCUT2D eigenvalue weighted by Gasteiger charge is 2.25. The predicted molar refractivity (Wildman–Crippen MR) is 140 cm³/mol. The summed E-state index contributed by atoms with van der Waals surface area (Å²) in [5, 5.41) is 8.00. The second-order valence-corrected chi connectivity index (χ2v) is 9.75. The van der Waals surface area contributed by atoms with Crippen molar-refractivity contribution >= 4 is 5.78 Å². The third kappa shape index (κ3) is 5.84. The molecule has 3 N–H and O–H groups in total. The Labute approximate surface area is 215 Å². The highest BCUT2D eigenvalue weighted by atomic mass is 19.1. The summed E-state index contributed by atoms with van der Waals surface area (Å²) in [6, 6.07) is 20.3. The van der Waals surface area contributed by atoms with E-state index in [1.165, 1.54) is 12.1 Å². The van der Waals surface area contributed by atoms with Gasteiger partial charge in [-0.05, 0) is 73.2 Å². The molecule has 5 nitrogen and oxygen atoms in total. The highest BCUT2D eigenvalue weighted by Crippen LogP contribution is 2.31. The molecule has 1 aliphatic rings. The molecular formula is C30H30F2N4O. The van der Waals surface area contributed by atoms with Crippen LogP contribution in [0.15, 0.2) is 72.8 Å². The molecule has 1 fully saturated rings. The fraction of sp³-hybridized carbons (Fsp3) is 0.267. The van der Waals surface area contributed by atoms with Crippen molar-refractivity contribution in [3.05, 3.63) is 118 Å². The number of benzene rings is 3. The monoisotopic (exact) mass is 500 g/mol. The topological polar surface area (TPSA) is 72.9 Å². The van der Waals surface area contributed by atoms with Gasteiger partial charge >= 0.3 is 0 Å². The molecule has 37 heavy (non-hydrogen) atoms. The van der Waals surface area contributed by atoms with Gasteiger partial charge in [0.2, 0.25) is 0 Å². The molecule has 5 rings (SSSR count). The molecule has 1 unspecified atom stereocenters. The van der Waals surface area contributed by atoms with E-state index in [0.717, 1.165) is 53.5 Å². The fourth-order valence-corrected chi connectivity index (χ4v) is 4.62. The maximum absolute atomic E-state index is 14.8. The van der Waals surface area contributed by atoms with Crippen LogP contribution in [0.3, 0.4) is 0 Å². The number of Topliss-reactive ketones (excluding diaryl/α,β-unsaturated/α-hetero) is 1. The van der Waals surface area contributed by atoms with E-state index in [0.29, 0.717) is 23.7 Å². The number of hydrogen-bond acceptors (Lipinski definition) is 4. The molecule has 7 heteroatoms. The first-order chi connectivity index (χ1) is 17.9. The Hall–Kier alpha value is -3.68. The van der Waals surface area contributed by atoms with E-state index in [-0.39, 0.29) is 12.2 Å². The minimum atomic E-state index is -0.606. The zero-order valence-corrected chi connectivity index (χ0v) is 20.8. The lowest BCUT2D eigenvalue weighted by Crippen LogP contribution is -2.25. The summed E-state index contributed by atoms with van der Waals surface area (Å²) in [4.78, 5) is 13.4. The van der Waals surface area contributed by atoms with Crippen LogP contribution in [0.4, 0.5) is 8.78 Å². The number of aryl methyl sites for hydroxylation is 1. The summed E-state index contributed by atoms with van der Waals surface area (Å²) in [6.45, 7) is 3.01. The van der Waals surface area contributed by atoms with Gasteiger partial charge in [0.15, 0.2) is 5.78 Å². The van der Waals surface area contributed by atoms with Crippen LogP contribution in [0, 0.1) is 24.5 Å². The van der Waals surface area contributed by atoms with E-state index in [1.807, 2.05) is 55.5 Å². The number of carbonyl (C=O) groups excluding carboxylic acids is 1. The van der Waals surface area contributed by atoms with Gasteiger partial charge in [-0.25, -0.2) is 13.5 Å². The van der Waals surface area contributed by atoms with Crippen LogP contribution in [0.1, 0.15) is 57.3 Å². The van der Waals surface area contributed by atoms with Crippen molar-refractivity contribution in [1.29, 1.82) is 0 Å². The molecule has 0 spiro atoms. The minimum absolute atomic E-state index is 0.0775. The first kappa shape index (κ1) is 25.0. The minimum Gasteiger partial charge on any atom is -0.326 e. The average molecular weight is 501 g/mol. The van der Waals surface area contributed by atoms with Crippen molar-refractivity contribution in [2.75, 3.05) is 6.54 Å². The number of nitrogens with one attached hydrogen (secondary N) is 1. The summed E-state index contributed by atoms with van der Waals surface area (Å²) in [6.07, 6.45) is 2.47.